The van der Waals surface area contributed by atoms with Gasteiger partial charge in [0.1, 0.15) is 5.41 Å². The summed E-state index contributed by atoms with van der Waals surface area (Å²) in [5.74, 6) is -0.477. The molecule has 1 aliphatic heterocycles. The van der Waals surface area contributed by atoms with Crippen LogP contribution in [0, 0.1) is 16.7 Å². The number of nitrogens with zero attached hydrogens (tertiary/aromatic N) is 2. The predicted octanol–water partition coefficient (Wildman–Crippen LogP) is 5.40. The van der Waals surface area contributed by atoms with Gasteiger partial charge in [-0.1, -0.05) is 68.2 Å². The Bertz CT molecular complexity index is 991. The molecule has 0 spiro atoms. The van der Waals surface area contributed by atoms with Crippen LogP contribution in [0.5, 0.6) is 0 Å². The van der Waals surface area contributed by atoms with Crippen molar-refractivity contribution in [3.63, 3.8) is 0 Å². The van der Waals surface area contributed by atoms with Crippen LogP contribution >= 0.6 is 23.2 Å². The number of carbonyl (C=O) groups is 1. The SMILES string of the molecule is CN(C)C(=O)[C@@H]1N[C@@H](CC(C)(C)C)[C@](C#N)(c2ccc(Cl)cc2)[C@H]1c1cccc(Cl)c1. The standard InChI is InChI=1S/C25H29Cl2N3O/c1-24(2,3)14-20-25(15-28,17-9-11-18(26)12-10-17)21(16-7-6-8-19(27)13-16)22(29-20)23(31)30(4)5/h6-13,20-22,29H,14H2,1-5H3/t20-,21-,22+,25-/m0/s1. The van der Waals surface area contributed by atoms with E-state index in [4.69, 9.17) is 23.2 Å². The summed E-state index contributed by atoms with van der Waals surface area (Å²) in [7, 11) is 3.49. The number of benzene rings is 2. The number of carbonyl (C=O) groups excluding carboxylic acids is 1. The molecule has 31 heavy (non-hydrogen) atoms. The van der Waals surface area contributed by atoms with Gasteiger partial charge in [0.15, 0.2) is 0 Å². The van der Waals surface area contributed by atoms with Gasteiger partial charge in [-0.15, -0.1) is 0 Å². The zero-order valence-corrected chi connectivity index (χ0v) is 20.1. The second kappa shape index (κ2) is 8.82. The molecule has 0 unspecified atom stereocenters. The maximum atomic E-state index is 13.3. The lowest BCUT2D eigenvalue weighted by molar-refractivity contribution is -0.131. The molecule has 0 aliphatic carbocycles. The van der Waals surface area contributed by atoms with Crippen LogP contribution in [0.2, 0.25) is 10.0 Å². The van der Waals surface area contributed by atoms with Crippen molar-refractivity contribution in [1.29, 1.82) is 5.26 Å². The van der Waals surface area contributed by atoms with E-state index in [-0.39, 0.29) is 17.4 Å². The fourth-order valence-corrected chi connectivity index (χ4v) is 5.05. The number of hydrogen-bond acceptors (Lipinski definition) is 3. The smallest absolute Gasteiger partial charge is 0.239 e. The Morgan fingerprint density at radius 3 is 2.29 bits per heavy atom. The van der Waals surface area contributed by atoms with E-state index in [0.717, 1.165) is 17.5 Å². The van der Waals surface area contributed by atoms with E-state index in [1.807, 2.05) is 30.3 Å². The summed E-state index contributed by atoms with van der Waals surface area (Å²) in [6, 6.07) is 16.8. The maximum absolute atomic E-state index is 13.3. The summed E-state index contributed by atoms with van der Waals surface area (Å²) in [4.78, 5) is 14.9. The second-order valence-corrected chi connectivity index (χ2v) is 10.6. The summed E-state index contributed by atoms with van der Waals surface area (Å²) in [5.41, 5.74) is 0.688. The molecule has 1 amide bonds. The molecule has 4 atom stereocenters. The quantitative estimate of drug-likeness (QED) is 0.667. The first-order valence-electron chi connectivity index (χ1n) is 10.4. The van der Waals surface area contributed by atoms with Gasteiger partial charge >= 0.3 is 0 Å². The highest BCUT2D eigenvalue weighted by Crippen LogP contribution is 2.51. The number of likely N-dealkylation sites (N-methyl/N-ethyl adjacent to an activating group) is 1. The van der Waals surface area contributed by atoms with E-state index < -0.39 is 17.4 Å². The van der Waals surface area contributed by atoms with Crippen LogP contribution in [0.25, 0.3) is 0 Å². The highest BCUT2D eigenvalue weighted by Gasteiger charge is 2.59. The van der Waals surface area contributed by atoms with Crippen LogP contribution in [0.1, 0.15) is 44.2 Å². The summed E-state index contributed by atoms with van der Waals surface area (Å²) < 4.78 is 0. The largest absolute Gasteiger partial charge is 0.347 e. The molecule has 0 bridgehead atoms. The van der Waals surface area contributed by atoms with Gasteiger partial charge in [0.2, 0.25) is 5.91 Å². The van der Waals surface area contributed by atoms with E-state index in [2.05, 4.69) is 32.2 Å². The molecule has 3 rings (SSSR count). The molecule has 1 N–H and O–H groups in total. The van der Waals surface area contributed by atoms with E-state index in [1.54, 1.807) is 37.2 Å². The summed E-state index contributed by atoms with van der Waals surface area (Å²) in [5, 5.41) is 15.5. The molecule has 1 heterocycles. The third-order valence-corrected chi connectivity index (χ3v) is 6.48. The first-order valence-corrected chi connectivity index (χ1v) is 11.1. The first-order chi connectivity index (χ1) is 14.5. The maximum Gasteiger partial charge on any atom is 0.239 e. The van der Waals surface area contributed by atoms with E-state index in [0.29, 0.717) is 10.0 Å². The number of nitriles is 1. The second-order valence-electron chi connectivity index (χ2n) is 9.71. The Kier molecular flexibility index (Phi) is 6.72. The van der Waals surface area contributed by atoms with Gasteiger partial charge in [-0.25, -0.2) is 0 Å². The van der Waals surface area contributed by atoms with E-state index in [9.17, 15) is 10.1 Å². The molecule has 0 aromatic heterocycles. The molecule has 1 fully saturated rings. The Morgan fingerprint density at radius 2 is 1.77 bits per heavy atom. The minimum Gasteiger partial charge on any atom is -0.347 e. The molecule has 2 aromatic carbocycles. The van der Waals surface area contributed by atoms with Gasteiger partial charge in [-0.2, -0.15) is 5.26 Å². The van der Waals surface area contributed by atoms with E-state index >= 15 is 0 Å². The summed E-state index contributed by atoms with van der Waals surface area (Å²) >= 11 is 12.5. The molecular weight excluding hydrogens is 429 g/mol. The van der Waals surface area contributed by atoms with Crippen LogP contribution in [-0.2, 0) is 10.2 Å². The minimum atomic E-state index is -0.973. The van der Waals surface area contributed by atoms with Gasteiger partial charge < -0.3 is 10.2 Å². The Labute approximate surface area is 195 Å². The number of halogens is 2. The fourth-order valence-electron chi connectivity index (χ4n) is 4.72. The van der Waals surface area contributed by atoms with Crippen LogP contribution in [0.4, 0.5) is 0 Å². The molecule has 1 aliphatic rings. The van der Waals surface area contributed by atoms with Crippen LogP contribution in [0.3, 0.4) is 0 Å². The molecule has 4 nitrogen and oxygen atoms in total. The topological polar surface area (TPSA) is 56.1 Å². The van der Waals surface area contributed by atoms with Crippen LogP contribution in [-0.4, -0.2) is 37.0 Å². The van der Waals surface area contributed by atoms with Crippen molar-refractivity contribution in [3.8, 4) is 6.07 Å². The highest BCUT2D eigenvalue weighted by atomic mass is 35.5. The van der Waals surface area contributed by atoms with E-state index in [1.165, 1.54) is 0 Å². The van der Waals surface area contributed by atoms with Crippen molar-refractivity contribution in [2.75, 3.05) is 14.1 Å². The summed E-state index contributed by atoms with van der Waals surface area (Å²) in [6.07, 6.45) is 0.720. The predicted molar refractivity (Wildman–Crippen MR) is 126 cm³/mol. The van der Waals surface area contributed by atoms with Gasteiger partial charge in [0.05, 0.1) is 12.1 Å². The highest BCUT2D eigenvalue weighted by molar-refractivity contribution is 6.30. The zero-order chi connectivity index (χ0) is 23.0. The van der Waals surface area contributed by atoms with Crippen molar-refractivity contribution in [2.24, 2.45) is 5.41 Å². The molecule has 0 radical (unpaired) electrons. The molecule has 6 heteroatoms. The summed E-state index contributed by atoms with van der Waals surface area (Å²) in [6.45, 7) is 6.44. The number of amides is 1. The van der Waals surface area contributed by atoms with Crippen LogP contribution < -0.4 is 5.32 Å². The molecule has 1 saturated heterocycles. The molecular formula is C25H29Cl2N3O. The molecule has 0 saturated carbocycles. The van der Waals surface area contributed by atoms with Gasteiger partial charge in [-0.3, -0.25) is 4.79 Å². The third kappa shape index (κ3) is 4.60. The van der Waals surface area contributed by atoms with Crippen molar-refractivity contribution in [3.05, 3.63) is 69.7 Å². The van der Waals surface area contributed by atoms with Gasteiger partial charge in [0, 0.05) is 36.1 Å². The average Bonchev–Trinajstić information content (AvgIpc) is 3.01. The van der Waals surface area contributed by atoms with Gasteiger partial charge in [0.25, 0.3) is 0 Å². The number of rotatable bonds is 4. The third-order valence-electron chi connectivity index (χ3n) is 5.99. The van der Waals surface area contributed by atoms with Crippen molar-refractivity contribution in [1.82, 2.24) is 10.2 Å². The number of hydrogen-bond donors (Lipinski definition) is 1. The monoisotopic (exact) mass is 457 g/mol. The average molecular weight is 458 g/mol. The minimum absolute atomic E-state index is 0.0544. The van der Waals surface area contributed by atoms with Crippen molar-refractivity contribution < 1.29 is 4.79 Å². The number of nitrogens with one attached hydrogen (secondary N) is 1. The Hall–Kier alpha value is -2.06. The zero-order valence-electron chi connectivity index (χ0n) is 18.6. The molecule has 2 aromatic rings. The lowest BCUT2D eigenvalue weighted by Gasteiger charge is -2.37. The Balaban J connectivity index is 2.30. The lowest BCUT2D eigenvalue weighted by atomic mass is 9.63. The molecule has 164 valence electrons. The Morgan fingerprint density at radius 1 is 1.13 bits per heavy atom. The van der Waals surface area contributed by atoms with Crippen LogP contribution in [0.15, 0.2) is 48.5 Å². The van der Waals surface area contributed by atoms with Gasteiger partial charge in [-0.05, 0) is 47.2 Å². The van der Waals surface area contributed by atoms with Crippen molar-refractivity contribution in [2.45, 2.75) is 50.6 Å². The lowest BCUT2D eigenvalue weighted by Crippen LogP contribution is -2.45. The van der Waals surface area contributed by atoms with Crippen molar-refractivity contribution >= 4 is 29.1 Å². The normalized spacial score (nSPS) is 25.8. The first kappa shape index (κ1) is 23.6. The fraction of sp³-hybridized carbons (Fsp3) is 0.440.